The lowest BCUT2D eigenvalue weighted by Crippen LogP contribution is -2.43. The van der Waals surface area contributed by atoms with Crippen molar-refractivity contribution < 1.29 is 16.8 Å². The van der Waals surface area contributed by atoms with Crippen molar-refractivity contribution in [3.05, 3.63) is 53.6 Å². The fraction of sp³-hybridized carbons (Fsp3) is 0.429. The molecule has 0 saturated carbocycles. The lowest BCUT2D eigenvalue weighted by Gasteiger charge is -2.31. The highest BCUT2D eigenvalue weighted by atomic mass is 35.5. The fourth-order valence-corrected chi connectivity index (χ4v) is 7.37. The van der Waals surface area contributed by atoms with Crippen molar-refractivity contribution in [2.24, 2.45) is 5.92 Å². The van der Waals surface area contributed by atoms with Gasteiger partial charge in [-0.2, -0.15) is 4.31 Å². The first-order chi connectivity index (χ1) is 13.6. The molecule has 5 nitrogen and oxygen atoms in total. The van der Waals surface area contributed by atoms with Crippen LogP contribution in [0.15, 0.2) is 53.4 Å². The van der Waals surface area contributed by atoms with Crippen LogP contribution in [0.1, 0.15) is 26.7 Å². The highest BCUT2D eigenvalue weighted by Gasteiger charge is 2.35. The number of rotatable bonds is 6. The Morgan fingerprint density at radius 3 is 1.86 bits per heavy atom. The van der Waals surface area contributed by atoms with Crippen LogP contribution < -0.4 is 0 Å². The molecule has 8 heteroatoms. The average Bonchev–Trinajstić information content (AvgIpc) is 2.68. The van der Waals surface area contributed by atoms with Gasteiger partial charge in [-0.05, 0) is 54.2 Å². The van der Waals surface area contributed by atoms with Gasteiger partial charge in [-0.1, -0.05) is 49.7 Å². The van der Waals surface area contributed by atoms with Crippen LogP contribution in [-0.2, 0) is 19.9 Å². The molecule has 1 heterocycles. The molecule has 1 aliphatic rings. The highest BCUT2D eigenvalue weighted by Crippen LogP contribution is 2.27. The van der Waals surface area contributed by atoms with Gasteiger partial charge < -0.3 is 0 Å². The van der Waals surface area contributed by atoms with E-state index in [9.17, 15) is 16.8 Å². The molecule has 0 aromatic heterocycles. The fourth-order valence-electron chi connectivity index (χ4n) is 3.64. The first-order valence-corrected chi connectivity index (χ1v) is 13.2. The largest absolute Gasteiger partial charge is 0.243 e. The minimum absolute atomic E-state index is 0.0703. The lowest BCUT2D eigenvalue weighted by molar-refractivity contribution is 0.345. The van der Waals surface area contributed by atoms with Crippen LogP contribution in [0.2, 0.25) is 5.02 Å². The second-order valence-corrected chi connectivity index (χ2v) is 12.6. The molecular weight excluding hydrogens is 430 g/mol. The van der Waals surface area contributed by atoms with E-state index in [1.807, 2.05) is 26.0 Å². The molecule has 0 bridgehead atoms. The van der Waals surface area contributed by atoms with Crippen LogP contribution in [0, 0.1) is 5.92 Å². The van der Waals surface area contributed by atoms with Crippen molar-refractivity contribution in [2.75, 3.05) is 18.8 Å². The van der Waals surface area contributed by atoms with Gasteiger partial charge in [-0.3, -0.25) is 0 Å². The molecule has 1 fully saturated rings. The molecular formula is C21H26ClNO4S2. The third kappa shape index (κ3) is 5.20. The molecule has 0 N–H and O–H groups in total. The van der Waals surface area contributed by atoms with E-state index in [0.29, 0.717) is 17.9 Å². The van der Waals surface area contributed by atoms with Crippen molar-refractivity contribution in [3.8, 4) is 11.1 Å². The molecule has 0 amide bonds. The second-order valence-electron chi connectivity index (χ2n) is 7.86. The van der Waals surface area contributed by atoms with Crippen molar-refractivity contribution in [1.82, 2.24) is 4.31 Å². The molecule has 29 heavy (non-hydrogen) atoms. The smallest absolute Gasteiger partial charge is 0.229 e. The minimum Gasteiger partial charge on any atom is -0.229 e. The summed E-state index contributed by atoms with van der Waals surface area (Å²) >= 11 is 5.91. The van der Waals surface area contributed by atoms with Crippen molar-refractivity contribution in [1.29, 1.82) is 0 Å². The highest BCUT2D eigenvalue weighted by molar-refractivity contribution is 7.92. The molecule has 0 unspecified atom stereocenters. The Bertz CT molecular complexity index is 1040. The topological polar surface area (TPSA) is 71.5 Å². The average molecular weight is 456 g/mol. The Labute approximate surface area is 178 Å². The first kappa shape index (κ1) is 22.3. The monoisotopic (exact) mass is 455 g/mol. The van der Waals surface area contributed by atoms with E-state index in [1.54, 1.807) is 36.4 Å². The van der Waals surface area contributed by atoms with Gasteiger partial charge in [-0.25, -0.2) is 16.8 Å². The first-order valence-electron chi connectivity index (χ1n) is 9.67. The molecule has 0 aliphatic carbocycles. The maximum atomic E-state index is 13.0. The van der Waals surface area contributed by atoms with Gasteiger partial charge in [0.05, 0.1) is 15.9 Å². The molecule has 0 spiro atoms. The Morgan fingerprint density at radius 1 is 0.897 bits per heavy atom. The summed E-state index contributed by atoms with van der Waals surface area (Å²) in [5, 5.41) is 0.190. The van der Waals surface area contributed by atoms with E-state index < -0.39 is 25.1 Å². The maximum absolute atomic E-state index is 13.0. The third-order valence-electron chi connectivity index (χ3n) is 5.14. The summed E-state index contributed by atoms with van der Waals surface area (Å²) < 4.78 is 52.2. The SMILES string of the molecule is CC(C)CS(=O)(=O)C1CCN(S(=O)(=O)c2ccc(-c3ccc(Cl)cc3)cc2)CC1. The zero-order chi connectivity index (χ0) is 21.2. The Balaban J connectivity index is 1.71. The normalized spacial score (nSPS) is 17.0. The summed E-state index contributed by atoms with van der Waals surface area (Å²) in [5.41, 5.74) is 1.86. The minimum atomic E-state index is -3.64. The predicted octanol–water partition coefficient (Wildman–Crippen LogP) is 4.23. The van der Waals surface area contributed by atoms with Crippen LogP contribution in [0.25, 0.3) is 11.1 Å². The summed E-state index contributed by atoms with van der Waals surface area (Å²) in [6.45, 7) is 4.21. The summed E-state index contributed by atoms with van der Waals surface area (Å²) in [7, 11) is -6.83. The molecule has 1 aliphatic heterocycles. The van der Waals surface area contributed by atoms with Gasteiger partial charge in [0.15, 0.2) is 9.84 Å². The van der Waals surface area contributed by atoms with E-state index in [2.05, 4.69) is 0 Å². The summed E-state index contributed by atoms with van der Waals surface area (Å²) in [6.07, 6.45) is 0.689. The molecule has 0 atom stereocenters. The van der Waals surface area contributed by atoms with Crippen molar-refractivity contribution in [3.63, 3.8) is 0 Å². The van der Waals surface area contributed by atoms with Crippen LogP contribution in [0.4, 0.5) is 0 Å². The molecule has 2 aromatic rings. The number of sulfone groups is 1. The van der Waals surface area contributed by atoms with Crippen LogP contribution in [0.5, 0.6) is 0 Å². The quantitative estimate of drug-likeness (QED) is 0.653. The number of nitrogens with zero attached hydrogens (tertiary/aromatic N) is 1. The van der Waals surface area contributed by atoms with Crippen LogP contribution in [0.3, 0.4) is 0 Å². The zero-order valence-corrected chi connectivity index (χ0v) is 19.0. The Hall–Kier alpha value is -1.41. The zero-order valence-electron chi connectivity index (χ0n) is 16.6. The van der Waals surface area contributed by atoms with Crippen molar-refractivity contribution in [2.45, 2.75) is 36.8 Å². The maximum Gasteiger partial charge on any atom is 0.243 e. The van der Waals surface area contributed by atoms with E-state index >= 15 is 0 Å². The van der Waals surface area contributed by atoms with Gasteiger partial charge in [0.1, 0.15) is 0 Å². The number of hydrogen-bond donors (Lipinski definition) is 0. The van der Waals surface area contributed by atoms with E-state index in [-0.39, 0.29) is 29.7 Å². The van der Waals surface area contributed by atoms with E-state index in [0.717, 1.165) is 11.1 Å². The molecule has 2 aromatic carbocycles. The summed E-state index contributed by atoms with van der Waals surface area (Å²) in [5.74, 6) is 0.220. The molecule has 3 rings (SSSR count). The van der Waals surface area contributed by atoms with Crippen LogP contribution in [-0.4, -0.2) is 45.2 Å². The van der Waals surface area contributed by atoms with Gasteiger partial charge >= 0.3 is 0 Å². The van der Waals surface area contributed by atoms with Gasteiger partial charge in [0, 0.05) is 18.1 Å². The van der Waals surface area contributed by atoms with Crippen molar-refractivity contribution >= 4 is 31.5 Å². The standard InChI is InChI=1S/C21H26ClNO4S2/c1-16(2)15-28(24,25)20-11-13-23(14-12-20)29(26,27)21-9-5-18(6-10-21)17-3-7-19(22)8-4-17/h3-10,16,20H,11-15H2,1-2H3. The van der Waals surface area contributed by atoms with E-state index in [1.165, 1.54) is 4.31 Å². The van der Waals surface area contributed by atoms with Crippen LogP contribution >= 0.6 is 11.6 Å². The van der Waals surface area contributed by atoms with Gasteiger partial charge in [-0.15, -0.1) is 0 Å². The predicted molar refractivity (Wildman–Crippen MR) is 117 cm³/mol. The number of sulfonamides is 1. The number of halogens is 1. The summed E-state index contributed by atoms with van der Waals surface area (Å²) in [6, 6.07) is 14.1. The Morgan fingerprint density at radius 2 is 1.38 bits per heavy atom. The molecule has 1 saturated heterocycles. The lowest BCUT2D eigenvalue weighted by atomic mass is 10.1. The van der Waals surface area contributed by atoms with Gasteiger partial charge in [0.2, 0.25) is 10.0 Å². The Kier molecular flexibility index (Phi) is 6.73. The summed E-state index contributed by atoms with van der Waals surface area (Å²) in [4.78, 5) is 0.221. The number of hydrogen-bond acceptors (Lipinski definition) is 4. The molecule has 158 valence electrons. The van der Waals surface area contributed by atoms with Gasteiger partial charge in [0.25, 0.3) is 0 Å². The number of piperidine rings is 1. The number of benzene rings is 2. The van der Waals surface area contributed by atoms with E-state index in [4.69, 9.17) is 11.6 Å². The second kappa shape index (κ2) is 8.76. The third-order valence-corrected chi connectivity index (χ3v) is 9.93. The molecule has 0 radical (unpaired) electrons.